The highest BCUT2D eigenvalue weighted by atomic mass is 35.5. The molecule has 1 aromatic heterocycles. The van der Waals surface area contributed by atoms with Gasteiger partial charge in [0.2, 0.25) is 0 Å². The number of aromatic nitrogens is 1. The zero-order valence-electron chi connectivity index (χ0n) is 20.0. The highest BCUT2D eigenvalue weighted by Crippen LogP contribution is 2.36. The Morgan fingerprint density at radius 3 is 2.36 bits per heavy atom. The van der Waals surface area contributed by atoms with E-state index in [9.17, 15) is 14.9 Å². The number of nitrogens with zero attached hydrogens (tertiary/aromatic N) is 2. The first-order valence-electron chi connectivity index (χ1n) is 11.0. The molecule has 0 bridgehead atoms. The molecule has 0 N–H and O–H groups in total. The largest absolute Gasteiger partial charge is 0.489 e. The molecule has 0 radical (unpaired) electrons. The molecule has 0 saturated heterocycles. The second-order valence-corrected chi connectivity index (χ2v) is 10.1. The lowest BCUT2D eigenvalue weighted by Gasteiger charge is -2.20. The highest BCUT2D eigenvalue weighted by molar-refractivity contribution is 6.48. The number of benzene rings is 2. The first-order chi connectivity index (χ1) is 17.1. The summed E-state index contributed by atoms with van der Waals surface area (Å²) in [6, 6.07) is 9.75. The Kier molecular flexibility index (Phi) is 8.61. The van der Waals surface area contributed by atoms with Crippen molar-refractivity contribution in [3.05, 3.63) is 100 Å². The Hall–Kier alpha value is -3.55. The van der Waals surface area contributed by atoms with Crippen molar-refractivity contribution in [2.24, 2.45) is 0 Å². The molecular weight excluding hydrogens is 503 g/mol. The van der Waals surface area contributed by atoms with Gasteiger partial charge in [-0.3, -0.25) is 14.9 Å². The lowest BCUT2D eigenvalue weighted by atomic mass is 9.96. The lowest BCUT2D eigenvalue weighted by molar-refractivity contribution is -0.384. The van der Waals surface area contributed by atoms with E-state index in [2.05, 4.69) is 13.2 Å². The third-order valence-electron chi connectivity index (χ3n) is 5.22. The zero-order chi connectivity index (χ0) is 26.5. The summed E-state index contributed by atoms with van der Waals surface area (Å²) in [7, 11) is 0. The van der Waals surface area contributed by atoms with Crippen LogP contribution in [0.25, 0.3) is 22.3 Å². The Bertz CT molecular complexity index is 1360. The van der Waals surface area contributed by atoms with Gasteiger partial charge in [-0.15, -0.1) is 0 Å². The van der Waals surface area contributed by atoms with Crippen molar-refractivity contribution < 1.29 is 14.4 Å². The van der Waals surface area contributed by atoms with Gasteiger partial charge >= 0.3 is 0 Å². The average molecular weight is 529 g/mol. The van der Waals surface area contributed by atoms with E-state index in [-0.39, 0.29) is 35.5 Å². The summed E-state index contributed by atoms with van der Waals surface area (Å²) in [4.78, 5) is 25.2. The van der Waals surface area contributed by atoms with Crippen molar-refractivity contribution in [3.63, 3.8) is 0 Å². The minimum atomic E-state index is -1.16. The molecular formula is C27H26Cl2N2O5. The second-order valence-electron chi connectivity index (χ2n) is 8.24. The monoisotopic (exact) mass is 528 g/mol. The molecule has 9 heteroatoms. The standard InChI is InChI=1S/C27H26Cl2N2O5/c1-5-12-35-19-10-11-20(24(14-19)36-13-6-2)21-15-30(17-27(4,28)29)16-22(26(21)32)25-18(3)8-7-9-23(25)31(33)34/h5-11,14-16H,1-2,12-13,17H2,3-4H3. The topological polar surface area (TPSA) is 83.6 Å². The maximum absolute atomic E-state index is 13.9. The van der Waals surface area contributed by atoms with Crippen LogP contribution in [0.15, 0.2) is 78.9 Å². The molecule has 0 unspecified atom stereocenters. The molecule has 3 aromatic rings. The average Bonchev–Trinajstić information content (AvgIpc) is 2.81. The Morgan fingerprint density at radius 1 is 1.06 bits per heavy atom. The maximum atomic E-state index is 13.9. The van der Waals surface area contributed by atoms with E-state index >= 15 is 0 Å². The van der Waals surface area contributed by atoms with Crippen LogP contribution >= 0.6 is 23.2 Å². The molecule has 0 aliphatic carbocycles. The molecule has 1 heterocycles. The predicted octanol–water partition coefficient (Wildman–Crippen LogP) is 6.72. The van der Waals surface area contributed by atoms with Crippen LogP contribution in [0.4, 0.5) is 5.69 Å². The molecule has 188 valence electrons. The molecule has 0 aliphatic rings. The summed E-state index contributed by atoms with van der Waals surface area (Å²) in [5.41, 5.74) is 1.12. The molecule has 7 nitrogen and oxygen atoms in total. The summed E-state index contributed by atoms with van der Waals surface area (Å²) < 4.78 is 12.0. The molecule has 36 heavy (non-hydrogen) atoms. The van der Waals surface area contributed by atoms with Gasteiger partial charge in [0, 0.05) is 35.7 Å². The van der Waals surface area contributed by atoms with Gasteiger partial charge in [0.05, 0.1) is 22.6 Å². The van der Waals surface area contributed by atoms with Gasteiger partial charge < -0.3 is 14.0 Å². The fraction of sp³-hybridized carbons (Fsp3) is 0.222. The maximum Gasteiger partial charge on any atom is 0.277 e. The minimum absolute atomic E-state index is 0.124. The van der Waals surface area contributed by atoms with Crippen LogP contribution in [-0.2, 0) is 6.54 Å². The molecule has 3 rings (SSSR count). The van der Waals surface area contributed by atoms with Gasteiger partial charge in [0.25, 0.3) is 5.69 Å². The third kappa shape index (κ3) is 6.36. The van der Waals surface area contributed by atoms with Crippen LogP contribution in [0.1, 0.15) is 12.5 Å². The summed E-state index contributed by atoms with van der Waals surface area (Å²) in [6.45, 7) is 11.3. The predicted molar refractivity (Wildman–Crippen MR) is 144 cm³/mol. The van der Waals surface area contributed by atoms with Crippen molar-refractivity contribution in [2.45, 2.75) is 24.7 Å². The van der Waals surface area contributed by atoms with Crippen molar-refractivity contribution in [1.29, 1.82) is 0 Å². The van der Waals surface area contributed by atoms with Crippen LogP contribution < -0.4 is 14.9 Å². The smallest absolute Gasteiger partial charge is 0.277 e. The van der Waals surface area contributed by atoms with Crippen LogP contribution in [-0.4, -0.2) is 27.0 Å². The number of alkyl halides is 2. The first kappa shape index (κ1) is 27.0. The van der Waals surface area contributed by atoms with Gasteiger partial charge in [0.1, 0.15) is 29.0 Å². The summed E-state index contributed by atoms with van der Waals surface area (Å²) in [5, 5.41) is 11.8. The Labute approximate surface area is 219 Å². The number of nitro benzene ring substituents is 1. The van der Waals surface area contributed by atoms with Gasteiger partial charge in [-0.1, -0.05) is 60.6 Å². The fourth-order valence-electron chi connectivity index (χ4n) is 3.81. The molecule has 0 saturated carbocycles. The Balaban J connectivity index is 2.34. The van der Waals surface area contributed by atoms with Crippen molar-refractivity contribution in [3.8, 4) is 33.8 Å². The quantitative estimate of drug-likeness (QED) is 0.119. The molecule has 2 aromatic carbocycles. The number of hydrogen-bond donors (Lipinski definition) is 0. The van der Waals surface area contributed by atoms with E-state index in [4.69, 9.17) is 32.7 Å². The lowest BCUT2D eigenvalue weighted by Crippen LogP contribution is -2.21. The van der Waals surface area contributed by atoms with Crippen molar-refractivity contribution in [1.82, 2.24) is 4.57 Å². The van der Waals surface area contributed by atoms with Crippen LogP contribution in [0.5, 0.6) is 11.5 Å². The van der Waals surface area contributed by atoms with E-state index in [1.165, 1.54) is 12.3 Å². The van der Waals surface area contributed by atoms with Crippen molar-refractivity contribution in [2.75, 3.05) is 13.2 Å². The zero-order valence-corrected chi connectivity index (χ0v) is 21.5. The molecule has 0 amide bonds. The normalized spacial score (nSPS) is 11.1. The van der Waals surface area contributed by atoms with Crippen LogP contribution in [0, 0.1) is 17.0 Å². The van der Waals surface area contributed by atoms with E-state index in [1.54, 1.807) is 67.1 Å². The Morgan fingerprint density at radius 2 is 1.72 bits per heavy atom. The number of rotatable bonds is 11. The summed E-state index contributed by atoms with van der Waals surface area (Å²) in [5.74, 6) is 0.911. The molecule has 0 spiro atoms. The van der Waals surface area contributed by atoms with Crippen LogP contribution in [0.2, 0.25) is 0 Å². The number of pyridine rings is 1. The van der Waals surface area contributed by atoms with E-state index in [0.717, 1.165) is 0 Å². The van der Waals surface area contributed by atoms with Gasteiger partial charge in [-0.25, -0.2) is 0 Å². The minimum Gasteiger partial charge on any atom is -0.489 e. The molecule has 0 aliphatic heterocycles. The van der Waals surface area contributed by atoms with Gasteiger partial charge in [-0.2, -0.15) is 0 Å². The van der Waals surface area contributed by atoms with Gasteiger partial charge in [0.15, 0.2) is 5.43 Å². The first-order valence-corrected chi connectivity index (χ1v) is 11.8. The second kappa shape index (κ2) is 11.5. The van der Waals surface area contributed by atoms with Crippen LogP contribution in [0.3, 0.4) is 0 Å². The summed E-state index contributed by atoms with van der Waals surface area (Å²) >= 11 is 12.6. The van der Waals surface area contributed by atoms with E-state index in [1.807, 2.05) is 0 Å². The number of aryl methyl sites for hydroxylation is 1. The number of ether oxygens (including phenoxy) is 2. The van der Waals surface area contributed by atoms with E-state index < -0.39 is 14.7 Å². The fourth-order valence-corrected chi connectivity index (χ4v) is 4.08. The van der Waals surface area contributed by atoms with E-state index in [0.29, 0.717) is 29.2 Å². The number of halogens is 2. The third-order valence-corrected chi connectivity index (χ3v) is 5.46. The SMILES string of the molecule is C=CCOc1ccc(-c2cn(CC(C)(Cl)Cl)cc(-c3c(C)cccc3[N+](=O)[O-])c2=O)c(OCC=C)c1. The summed E-state index contributed by atoms with van der Waals surface area (Å²) in [6.07, 6.45) is 6.35. The van der Waals surface area contributed by atoms with Crippen molar-refractivity contribution >= 4 is 28.9 Å². The highest BCUT2D eigenvalue weighted by Gasteiger charge is 2.25. The molecule has 0 atom stereocenters. The number of hydrogen-bond acceptors (Lipinski definition) is 5. The number of nitro groups is 1. The van der Waals surface area contributed by atoms with Gasteiger partial charge in [-0.05, 0) is 31.5 Å². The molecule has 0 fully saturated rings.